The van der Waals surface area contributed by atoms with Gasteiger partial charge in [0, 0.05) is 12.2 Å². The van der Waals surface area contributed by atoms with E-state index in [1.165, 1.54) is 27.8 Å². The van der Waals surface area contributed by atoms with Crippen molar-refractivity contribution < 1.29 is 9.59 Å². The van der Waals surface area contributed by atoms with Gasteiger partial charge in [0.2, 0.25) is 5.91 Å². The molecule has 6 heteroatoms. The summed E-state index contributed by atoms with van der Waals surface area (Å²) in [5.41, 5.74) is 4.93. The quantitative estimate of drug-likeness (QED) is 0.407. The molecule has 1 atom stereocenters. The zero-order chi connectivity index (χ0) is 24.1. The minimum atomic E-state index is -0.491. The summed E-state index contributed by atoms with van der Waals surface area (Å²) in [6, 6.07) is 26.9. The van der Waals surface area contributed by atoms with Gasteiger partial charge in [-0.25, -0.2) is 0 Å². The number of nitrogens with one attached hydrogen (secondary N) is 1. The van der Waals surface area contributed by atoms with Crippen LogP contribution in [0.25, 0.3) is 0 Å². The average Bonchev–Trinajstić information content (AvgIpc) is 3.17. The first-order chi connectivity index (χ1) is 16.5. The number of anilines is 1. The van der Waals surface area contributed by atoms with Gasteiger partial charge in [0.25, 0.3) is 5.91 Å². The molecule has 0 saturated carbocycles. The second-order valence-electron chi connectivity index (χ2n) is 8.20. The molecule has 1 aliphatic heterocycles. The summed E-state index contributed by atoms with van der Waals surface area (Å²) in [6.45, 7) is 4.41. The number of hydrogen-bond acceptors (Lipinski definition) is 4. The molecule has 1 saturated heterocycles. The van der Waals surface area contributed by atoms with Gasteiger partial charge in [0.1, 0.15) is 16.7 Å². The fourth-order valence-electron chi connectivity index (χ4n) is 3.81. The Morgan fingerprint density at radius 2 is 1.65 bits per heavy atom. The highest BCUT2D eigenvalue weighted by atomic mass is 32.2. The fourth-order valence-corrected chi connectivity index (χ4v) is 5.12. The second-order valence-corrected chi connectivity index (χ2v) is 9.39. The number of nitriles is 1. The third-order valence-corrected chi connectivity index (χ3v) is 7.07. The maximum atomic E-state index is 13.5. The average molecular weight is 468 g/mol. The molecule has 5 nitrogen and oxygen atoms in total. The van der Waals surface area contributed by atoms with E-state index in [2.05, 4.69) is 37.4 Å². The summed E-state index contributed by atoms with van der Waals surface area (Å²) in [7, 11) is 0. The van der Waals surface area contributed by atoms with Gasteiger partial charge in [-0.15, -0.1) is 0 Å². The fraction of sp³-hybridized carbons (Fsp3) is 0.179. The Hall–Kier alpha value is -3.82. The number of carbonyl (C=O) groups excluding carboxylic acids is 2. The Morgan fingerprint density at radius 1 is 0.971 bits per heavy atom. The van der Waals surface area contributed by atoms with E-state index in [-0.39, 0.29) is 11.5 Å². The van der Waals surface area contributed by atoms with Gasteiger partial charge in [-0.3, -0.25) is 14.5 Å². The van der Waals surface area contributed by atoms with Crippen LogP contribution in [-0.4, -0.2) is 17.1 Å². The minimum Gasteiger partial charge on any atom is -0.347 e. The maximum absolute atomic E-state index is 13.5. The molecular formula is C28H25N3O2S. The van der Waals surface area contributed by atoms with E-state index in [4.69, 9.17) is 0 Å². The van der Waals surface area contributed by atoms with Crippen molar-refractivity contribution in [3.63, 3.8) is 0 Å². The molecule has 1 heterocycles. The third-order valence-electron chi connectivity index (χ3n) is 5.81. The van der Waals surface area contributed by atoms with Crippen LogP contribution in [0.4, 0.5) is 5.69 Å². The van der Waals surface area contributed by atoms with Gasteiger partial charge in [-0.05, 0) is 54.7 Å². The smallest absolute Gasteiger partial charge is 0.264 e. The van der Waals surface area contributed by atoms with Gasteiger partial charge in [0.15, 0.2) is 0 Å². The van der Waals surface area contributed by atoms with E-state index in [1.54, 1.807) is 0 Å². The van der Waals surface area contributed by atoms with Crippen molar-refractivity contribution in [2.45, 2.75) is 32.1 Å². The Kier molecular flexibility index (Phi) is 7.15. The van der Waals surface area contributed by atoms with Crippen LogP contribution in [0, 0.1) is 25.2 Å². The van der Waals surface area contributed by atoms with Crippen molar-refractivity contribution in [1.82, 2.24) is 5.32 Å². The Labute approximate surface area is 204 Å². The molecule has 3 aromatic carbocycles. The van der Waals surface area contributed by atoms with Crippen LogP contribution < -0.4 is 10.2 Å². The minimum absolute atomic E-state index is 0.0549. The normalized spacial score (nSPS) is 16.8. The monoisotopic (exact) mass is 467 g/mol. The number of benzene rings is 3. The maximum Gasteiger partial charge on any atom is 0.264 e. The van der Waals surface area contributed by atoms with Crippen molar-refractivity contribution in [2.75, 3.05) is 4.90 Å². The predicted molar refractivity (Wildman–Crippen MR) is 136 cm³/mol. The third kappa shape index (κ3) is 5.05. The molecule has 0 unspecified atom stereocenters. The largest absolute Gasteiger partial charge is 0.347 e. The lowest BCUT2D eigenvalue weighted by molar-refractivity contribution is -0.117. The lowest BCUT2D eigenvalue weighted by Crippen LogP contribution is -2.32. The number of hydrogen-bond donors (Lipinski definition) is 1. The first-order valence-corrected chi connectivity index (χ1v) is 11.9. The molecule has 0 spiro atoms. The van der Waals surface area contributed by atoms with Crippen molar-refractivity contribution in [1.29, 1.82) is 5.26 Å². The number of aryl methyl sites for hydroxylation is 2. The lowest BCUT2D eigenvalue weighted by atomic mass is 10.0. The summed E-state index contributed by atoms with van der Waals surface area (Å²) >= 11 is 1.28. The molecular weight excluding hydrogens is 442 g/mol. The van der Waals surface area contributed by atoms with Crippen molar-refractivity contribution in [3.8, 4) is 6.07 Å². The standard InChI is InChI=1S/C28H25N3O2S/c1-19-13-14-22(15-20(19)2)16-25-27(33)31(23-11-7-4-8-12-23)28(34-25)24(17-29)26(32)30-18-21-9-5-3-6-10-21/h3-15,25H,16,18H2,1-2H3,(H,30,32)/b28-24-/t25-/m0/s1. The number of nitrogens with zero attached hydrogens (tertiary/aromatic N) is 2. The Morgan fingerprint density at radius 3 is 2.29 bits per heavy atom. The molecule has 34 heavy (non-hydrogen) atoms. The molecule has 0 radical (unpaired) electrons. The Bertz CT molecular complexity index is 1280. The zero-order valence-electron chi connectivity index (χ0n) is 19.1. The van der Waals surface area contributed by atoms with E-state index >= 15 is 0 Å². The van der Waals surface area contributed by atoms with Crippen LogP contribution in [0.3, 0.4) is 0 Å². The summed E-state index contributed by atoms with van der Waals surface area (Å²) < 4.78 is 0. The highest BCUT2D eigenvalue weighted by molar-refractivity contribution is 8.05. The lowest BCUT2D eigenvalue weighted by Gasteiger charge is -2.18. The number of amides is 2. The van der Waals surface area contributed by atoms with E-state index in [0.29, 0.717) is 23.7 Å². The summed E-state index contributed by atoms with van der Waals surface area (Å²) in [6.07, 6.45) is 0.516. The first-order valence-electron chi connectivity index (χ1n) is 11.1. The molecule has 1 fully saturated rings. The van der Waals surface area contributed by atoms with Gasteiger partial charge in [-0.1, -0.05) is 78.5 Å². The number of carbonyl (C=O) groups is 2. The van der Waals surface area contributed by atoms with E-state index in [0.717, 1.165) is 11.1 Å². The van der Waals surface area contributed by atoms with E-state index in [1.807, 2.05) is 66.7 Å². The van der Waals surface area contributed by atoms with E-state index in [9.17, 15) is 14.9 Å². The van der Waals surface area contributed by atoms with Gasteiger partial charge in [0.05, 0.1) is 5.25 Å². The van der Waals surface area contributed by atoms with Crippen LogP contribution >= 0.6 is 11.8 Å². The highest BCUT2D eigenvalue weighted by Crippen LogP contribution is 2.41. The molecule has 0 bridgehead atoms. The molecule has 4 rings (SSSR count). The summed E-state index contributed by atoms with van der Waals surface area (Å²) in [5, 5.41) is 12.7. The molecule has 0 aromatic heterocycles. The van der Waals surface area contributed by atoms with Crippen LogP contribution in [0.5, 0.6) is 0 Å². The molecule has 3 aromatic rings. The van der Waals surface area contributed by atoms with Crippen molar-refractivity contribution in [2.24, 2.45) is 0 Å². The predicted octanol–water partition coefficient (Wildman–Crippen LogP) is 5.05. The Balaban J connectivity index is 1.66. The first kappa shape index (κ1) is 23.3. The number of thioether (sulfide) groups is 1. The summed E-state index contributed by atoms with van der Waals surface area (Å²) in [4.78, 5) is 28.1. The van der Waals surface area contributed by atoms with Crippen molar-refractivity contribution in [3.05, 3.63) is 112 Å². The van der Waals surface area contributed by atoms with Crippen molar-refractivity contribution >= 4 is 29.3 Å². The van der Waals surface area contributed by atoms with Crippen LogP contribution in [-0.2, 0) is 22.6 Å². The molecule has 170 valence electrons. The van der Waals surface area contributed by atoms with Gasteiger partial charge >= 0.3 is 0 Å². The summed E-state index contributed by atoms with van der Waals surface area (Å²) in [5.74, 6) is -0.623. The zero-order valence-corrected chi connectivity index (χ0v) is 19.9. The molecule has 0 aliphatic carbocycles. The van der Waals surface area contributed by atoms with Gasteiger partial charge in [-0.2, -0.15) is 5.26 Å². The highest BCUT2D eigenvalue weighted by Gasteiger charge is 2.40. The molecule has 1 N–H and O–H groups in total. The topological polar surface area (TPSA) is 73.2 Å². The SMILES string of the molecule is Cc1ccc(C[C@@H]2S/C(=C(/C#N)C(=O)NCc3ccccc3)N(c3ccccc3)C2=O)cc1C. The number of para-hydroxylation sites is 1. The molecule has 2 amide bonds. The second kappa shape index (κ2) is 10.4. The van der Waals surface area contributed by atoms with Gasteiger partial charge < -0.3 is 5.32 Å². The molecule has 1 aliphatic rings. The van der Waals surface area contributed by atoms with Crippen LogP contribution in [0.2, 0.25) is 0 Å². The van der Waals surface area contributed by atoms with E-state index < -0.39 is 11.2 Å². The number of rotatable bonds is 6. The van der Waals surface area contributed by atoms with Crippen LogP contribution in [0.1, 0.15) is 22.3 Å². The van der Waals surface area contributed by atoms with Crippen LogP contribution in [0.15, 0.2) is 89.5 Å².